The van der Waals surface area contributed by atoms with Crippen molar-refractivity contribution in [1.82, 2.24) is 15.2 Å². The molecule has 1 fully saturated rings. The van der Waals surface area contributed by atoms with Crippen molar-refractivity contribution in [3.63, 3.8) is 0 Å². The number of hydrogen-bond donors (Lipinski definition) is 2. The highest BCUT2D eigenvalue weighted by Crippen LogP contribution is 2.46. The van der Waals surface area contributed by atoms with Crippen LogP contribution in [0, 0.1) is 19.8 Å². The smallest absolute Gasteiger partial charge is 0.413 e. The number of carbonyl (C=O) groups excluding carboxylic acids is 6. The number of nitrogens with zero attached hydrogens (tertiary/aromatic N) is 3. The third kappa shape index (κ3) is 9.67. The van der Waals surface area contributed by atoms with Crippen LogP contribution in [0.2, 0.25) is 9.36 Å². The topological polar surface area (TPSA) is 192 Å². The van der Waals surface area contributed by atoms with E-state index in [1.54, 1.807) is 33.8 Å². The van der Waals surface area contributed by atoms with Gasteiger partial charge in [0.25, 0.3) is 5.91 Å². The van der Waals surface area contributed by atoms with Gasteiger partial charge in [0.1, 0.15) is 21.3 Å². The van der Waals surface area contributed by atoms with Gasteiger partial charge >= 0.3 is 34.1 Å². The molecule has 15 nitrogen and oxygen atoms in total. The van der Waals surface area contributed by atoms with Crippen molar-refractivity contribution in [3.8, 4) is 0 Å². The van der Waals surface area contributed by atoms with Gasteiger partial charge in [-0.1, -0.05) is 45.8 Å². The zero-order chi connectivity index (χ0) is 39.4. The summed E-state index contributed by atoms with van der Waals surface area (Å²) in [4.78, 5) is 88.6. The van der Waals surface area contributed by atoms with Crippen LogP contribution in [-0.4, -0.2) is 103 Å². The highest BCUT2D eigenvalue weighted by atomic mass is 35.5. The van der Waals surface area contributed by atoms with E-state index in [-0.39, 0.29) is 43.1 Å². The van der Waals surface area contributed by atoms with Crippen LogP contribution >= 0.6 is 57.9 Å². The molecule has 1 unspecified atom stereocenters. The Labute approximate surface area is 329 Å². The maximum Gasteiger partial charge on any atom is 0.413 e. The number of anilines is 1. The minimum atomic E-state index is -1.72. The van der Waals surface area contributed by atoms with Crippen LogP contribution in [0.1, 0.15) is 54.4 Å². The van der Waals surface area contributed by atoms with E-state index in [1.807, 2.05) is 6.92 Å². The fourth-order valence-electron chi connectivity index (χ4n) is 4.97. The number of alkyl halides is 1. The Balaban J connectivity index is 1.63. The van der Waals surface area contributed by atoms with Crippen LogP contribution in [0.4, 0.5) is 9.93 Å². The molecule has 3 amide bonds. The molecule has 0 aliphatic carbocycles. The third-order valence-electron chi connectivity index (χ3n) is 7.71. The number of halogens is 3. The van der Waals surface area contributed by atoms with E-state index in [1.165, 1.54) is 17.8 Å². The summed E-state index contributed by atoms with van der Waals surface area (Å²) in [5.41, 5.74) is 0.256. The van der Waals surface area contributed by atoms with Crippen LogP contribution in [0.15, 0.2) is 28.6 Å². The molecule has 2 aliphatic heterocycles. The second-order valence-corrected chi connectivity index (χ2v) is 15.8. The number of ether oxygens (including phenoxy) is 1. The average molecular weight is 825 g/mol. The Morgan fingerprint density at radius 3 is 2.45 bits per heavy atom. The minimum absolute atomic E-state index is 0.0712. The lowest BCUT2D eigenvalue weighted by Crippen LogP contribution is -2.62. The maximum atomic E-state index is 14.0. The largest absolute Gasteiger partial charge is 0.541 e. The molecule has 3 heterocycles. The molecule has 4 rings (SSSR count). The number of fused-ring (bicyclic) bond motifs is 1. The number of rotatable bonds is 13. The summed E-state index contributed by atoms with van der Waals surface area (Å²) in [6.45, 7) is 7.95. The number of carbonyl (C=O) groups is 6. The highest BCUT2D eigenvalue weighted by molar-refractivity contribution is 8.00. The summed E-state index contributed by atoms with van der Waals surface area (Å²) in [5.74, 6) is -5.06. The summed E-state index contributed by atoms with van der Waals surface area (Å²) in [6.07, 6.45) is -3.08. The van der Waals surface area contributed by atoms with Gasteiger partial charge in [0, 0.05) is 18.1 Å². The molecule has 22 heteroatoms. The predicted molar refractivity (Wildman–Crippen MR) is 199 cm³/mol. The summed E-state index contributed by atoms with van der Waals surface area (Å²) >= 11 is 20.8. The van der Waals surface area contributed by atoms with E-state index in [2.05, 4.69) is 30.1 Å². The normalized spacial score (nSPS) is 17.6. The first kappa shape index (κ1) is 42.0. The van der Waals surface area contributed by atoms with Gasteiger partial charge in [-0.15, -0.1) is 23.4 Å². The number of β-lactam (4-membered cyclic amide) rings is 1. The SMILES string of the molecule is [B]OC(=O)C1=C(CCl)CS[C@@H]2[C@H](CC(=O)/C(=N\OC(CNC(=O)c3ccc(C)c(C)c3Cl)C(=O)O[B])c3nc(NC(=O)OC(C)(C)C)sc3Cl)C(=O)N12. The minimum Gasteiger partial charge on any atom is -0.541 e. The lowest BCUT2D eigenvalue weighted by molar-refractivity contribution is -0.152. The second-order valence-electron chi connectivity index (χ2n) is 12.5. The van der Waals surface area contributed by atoms with E-state index in [0.717, 1.165) is 21.8 Å². The quantitative estimate of drug-likeness (QED) is 0.0966. The molecule has 1 aromatic carbocycles. The molecule has 278 valence electrons. The van der Waals surface area contributed by atoms with Crippen molar-refractivity contribution < 1.29 is 47.7 Å². The lowest BCUT2D eigenvalue weighted by Gasteiger charge is -2.49. The van der Waals surface area contributed by atoms with Crippen LogP contribution < -0.4 is 10.6 Å². The number of oxime groups is 1. The number of aromatic nitrogens is 1. The van der Waals surface area contributed by atoms with Crippen LogP contribution in [0.5, 0.6) is 0 Å². The molecule has 2 aromatic rings. The molecular formula is C31H30B2Cl3N5O10S2. The first-order valence-electron chi connectivity index (χ1n) is 15.4. The Kier molecular flexibility index (Phi) is 13.9. The van der Waals surface area contributed by atoms with E-state index in [4.69, 9.17) is 60.5 Å². The molecule has 2 aliphatic rings. The number of hydrogen-bond acceptors (Lipinski definition) is 14. The van der Waals surface area contributed by atoms with Gasteiger partial charge in [-0.25, -0.2) is 19.4 Å². The number of aryl methyl sites for hydroxylation is 1. The summed E-state index contributed by atoms with van der Waals surface area (Å²) in [6, 6.07) is 3.19. The first-order chi connectivity index (χ1) is 24.9. The molecule has 0 spiro atoms. The fraction of sp³-hybridized carbons (Fsp3) is 0.419. The van der Waals surface area contributed by atoms with Crippen LogP contribution in [-0.2, 0) is 38.1 Å². The van der Waals surface area contributed by atoms with Gasteiger partial charge in [-0.05, 0) is 57.4 Å². The maximum absolute atomic E-state index is 14.0. The van der Waals surface area contributed by atoms with Crippen molar-refractivity contribution in [1.29, 1.82) is 0 Å². The molecule has 1 saturated heterocycles. The lowest BCUT2D eigenvalue weighted by atomic mass is 9.89. The number of thioether (sulfide) groups is 1. The molecule has 53 heavy (non-hydrogen) atoms. The van der Waals surface area contributed by atoms with Crippen molar-refractivity contribution in [2.75, 3.05) is 23.5 Å². The average Bonchev–Trinajstić information content (AvgIpc) is 3.46. The van der Waals surface area contributed by atoms with Gasteiger partial charge in [0.2, 0.25) is 12.0 Å². The Hall–Kier alpha value is -3.77. The van der Waals surface area contributed by atoms with Crippen molar-refractivity contribution in [3.05, 3.63) is 55.1 Å². The number of ketones is 1. The van der Waals surface area contributed by atoms with Gasteiger partial charge in [0.15, 0.2) is 16.6 Å². The molecule has 0 bridgehead atoms. The highest BCUT2D eigenvalue weighted by Gasteiger charge is 2.54. The second kappa shape index (κ2) is 17.6. The first-order valence-corrected chi connectivity index (χ1v) is 18.6. The van der Waals surface area contributed by atoms with Crippen molar-refractivity contribution in [2.45, 2.75) is 58.1 Å². The number of nitrogens with one attached hydrogen (secondary N) is 2. The molecule has 3 atom stereocenters. The van der Waals surface area contributed by atoms with E-state index < -0.39 is 77.3 Å². The standard InChI is InChI=1S/C31H30B2Cl3N5O10S2/c1-12-6-7-15(19(35)13(12)2)24(43)37-10-18(27(45)49-32)51-40-20(21-23(36)53-29(38-21)39-30(47)48-31(3,4)5)17(42)8-16-25(44)41-22(28(46)50-33)14(9-34)11-52-26(16)41/h6-7,16,18,26H,8-11H2,1-5H3,(H,37,43)(H,38,39,47)/b40-20+/t16-,18?,26-/m1/s1. The summed E-state index contributed by atoms with van der Waals surface area (Å²) in [7, 11) is 10.2. The zero-order valence-electron chi connectivity index (χ0n) is 28.7. The Morgan fingerprint density at radius 1 is 1.13 bits per heavy atom. The Bertz CT molecular complexity index is 1910. The Morgan fingerprint density at radius 2 is 1.83 bits per heavy atom. The van der Waals surface area contributed by atoms with Gasteiger partial charge in [-0.3, -0.25) is 24.6 Å². The zero-order valence-corrected chi connectivity index (χ0v) is 32.6. The third-order valence-corrected chi connectivity index (χ3v) is 11.1. The molecule has 2 N–H and O–H groups in total. The molecule has 4 radical (unpaired) electrons. The van der Waals surface area contributed by atoms with E-state index in [0.29, 0.717) is 11.1 Å². The van der Waals surface area contributed by atoms with Gasteiger partial charge in [-0.2, -0.15) is 0 Å². The number of amides is 3. The predicted octanol–water partition coefficient (Wildman–Crippen LogP) is 4.17. The van der Waals surface area contributed by atoms with E-state index in [9.17, 15) is 28.8 Å². The number of thiazole rings is 1. The molecular weight excluding hydrogens is 794 g/mol. The van der Waals surface area contributed by atoms with Crippen molar-refractivity contribution in [2.24, 2.45) is 11.1 Å². The van der Waals surface area contributed by atoms with Crippen LogP contribution in [0.3, 0.4) is 0 Å². The summed E-state index contributed by atoms with van der Waals surface area (Å²) < 4.78 is 13.8. The number of benzene rings is 1. The number of Topliss-reactive ketones (excluding diaryl/α,β-unsaturated/α-hetero) is 1. The molecule has 0 saturated carbocycles. The van der Waals surface area contributed by atoms with E-state index >= 15 is 0 Å². The fourth-order valence-corrected chi connectivity index (χ4v) is 8.05. The monoisotopic (exact) mass is 823 g/mol. The summed E-state index contributed by atoms with van der Waals surface area (Å²) in [5, 5.41) is 8.22. The molecule has 1 aromatic heterocycles. The van der Waals surface area contributed by atoms with Gasteiger partial charge in [0.05, 0.1) is 28.4 Å². The van der Waals surface area contributed by atoms with Gasteiger partial charge < -0.3 is 24.2 Å². The van der Waals surface area contributed by atoms with Crippen LogP contribution in [0.25, 0.3) is 0 Å². The van der Waals surface area contributed by atoms with Crippen molar-refractivity contribution >= 4 is 120 Å².